The van der Waals surface area contributed by atoms with Gasteiger partial charge in [-0.05, 0) is 25.0 Å². The summed E-state index contributed by atoms with van der Waals surface area (Å²) in [5, 5.41) is 6.15. The molecule has 0 atom stereocenters. The lowest BCUT2D eigenvalue weighted by molar-refractivity contribution is 0.0948. The van der Waals surface area contributed by atoms with Gasteiger partial charge in [-0.1, -0.05) is 26.7 Å². The minimum atomic E-state index is -0.0948. The number of nitrogens with zero attached hydrogens (tertiary/aromatic N) is 1. The summed E-state index contributed by atoms with van der Waals surface area (Å²) in [5.74, 6) is -0.0948. The van der Waals surface area contributed by atoms with Crippen LogP contribution in [0.3, 0.4) is 0 Å². The number of pyridine rings is 1. The largest absolute Gasteiger partial charge is 0.385 e. The maximum atomic E-state index is 11.8. The second kappa shape index (κ2) is 8.50. The van der Waals surface area contributed by atoms with Crippen molar-refractivity contribution in [1.82, 2.24) is 10.3 Å². The molecular weight excluding hydrogens is 226 g/mol. The zero-order valence-electron chi connectivity index (χ0n) is 11.3. The third-order valence-corrected chi connectivity index (χ3v) is 2.67. The fraction of sp³-hybridized carbons (Fsp3) is 0.571. The monoisotopic (exact) mass is 249 g/mol. The molecule has 0 saturated carbocycles. The summed E-state index contributed by atoms with van der Waals surface area (Å²) in [6.07, 6.45) is 6.03. The lowest BCUT2D eigenvalue weighted by Crippen LogP contribution is -2.25. The van der Waals surface area contributed by atoms with Crippen LogP contribution in [-0.2, 0) is 0 Å². The fourth-order valence-electron chi connectivity index (χ4n) is 1.54. The molecule has 1 heterocycles. The SMILES string of the molecule is CCCCNC(=O)c1cc(NCCCC)ccn1. The first-order valence-corrected chi connectivity index (χ1v) is 6.76. The Balaban J connectivity index is 2.49. The molecule has 4 nitrogen and oxygen atoms in total. The predicted octanol–water partition coefficient (Wildman–Crippen LogP) is 2.82. The smallest absolute Gasteiger partial charge is 0.269 e. The van der Waals surface area contributed by atoms with E-state index in [1.807, 2.05) is 6.07 Å². The van der Waals surface area contributed by atoms with Crippen LogP contribution < -0.4 is 10.6 Å². The molecule has 0 unspecified atom stereocenters. The molecule has 1 aromatic heterocycles. The van der Waals surface area contributed by atoms with Crippen molar-refractivity contribution in [3.63, 3.8) is 0 Å². The standard InChI is InChI=1S/C14H23N3O/c1-3-5-8-15-12-7-10-16-13(11-12)14(18)17-9-6-4-2/h7,10-11H,3-6,8-9H2,1-2H3,(H,15,16)(H,17,18). The first kappa shape index (κ1) is 14.5. The number of carbonyl (C=O) groups excluding carboxylic acids is 1. The van der Waals surface area contributed by atoms with Crippen LogP contribution in [-0.4, -0.2) is 24.0 Å². The number of carbonyl (C=O) groups is 1. The Morgan fingerprint density at radius 3 is 2.67 bits per heavy atom. The number of rotatable bonds is 8. The number of nitrogens with one attached hydrogen (secondary N) is 2. The van der Waals surface area contributed by atoms with Crippen molar-refractivity contribution in [3.8, 4) is 0 Å². The first-order chi connectivity index (χ1) is 8.77. The van der Waals surface area contributed by atoms with E-state index in [0.717, 1.165) is 37.9 Å². The average molecular weight is 249 g/mol. The molecule has 0 aliphatic rings. The number of amides is 1. The summed E-state index contributed by atoms with van der Waals surface area (Å²) in [6, 6.07) is 3.69. The second-order valence-electron chi connectivity index (χ2n) is 4.32. The van der Waals surface area contributed by atoms with Gasteiger partial charge in [0.25, 0.3) is 5.91 Å². The molecule has 0 aliphatic heterocycles. The number of hydrogen-bond acceptors (Lipinski definition) is 3. The van der Waals surface area contributed by atoms with Gasteiger partial charge in [0.1, 0.15) is 5.69 Å². The molecular formula is C14H23N3O. The van der Waals surface area contributed by atoms with Crippen LogP contribution in [0, 0.1) is 0 Å². The van der Waals surface area contributed by atoms with Gasteiger partial charge in [0.15, 0.2) is 0 Å². The minimum absolute atomic E-state index is 0.0948. The highest BCUT2D eigenvalue weighted by Gasteiger charge is 2.06. The normalized spacial score (nSPS) is 10.1. The molecule has 0 aromatic carbocycles. The quantitative estimate of drug-likeness (QED) is 0.697. The molecule has 1 aromatic rings. The van der Waals surface area contributed by atoms with Gasteiger partial charge < -0.3 is 10.6 Å². The first-order valence-electron chi connectivity index (χ1n) is 6.76. The zero-order valence-corrected chi connectivity index (χ0v) is 11.3. The topological polar surface area (TPSA) is 54.0 Å². The van der Waals surface area contributed by atoms with Gasteiger partial charge >= 0.3 is 0 Å². The van der Waals surface area contributed by atoms with Crippen LogP contribution in [0.25, 0.3) is 0 Å². The van der Waals surface area contributed by atoms with E-state index in [4.69, 9.17) is 0 Å². The van der Waals surface area contributed by atoms with Gasteiger partial charge in [0.2, 0.25) is 0 Å². The van der Waals surface area contributed by atoms with E-state index >= 15 is 0 Å². The maximum absolute atomic E-state index is 11.8. The lowest BCUT2D eigenvalue weighted by Gasteiger charge is -2.07. The van der Waals surface area contributed by atoms with Gasteiger partial charge in [-0.2, -0.15) is 0 Å². The molecule has 1 amide bonds. The van der Waals surface area contributed by atoms with Gasteiger partial charge in [-0.3, -0.25) is 9.78 Å². The minimum Gasteiger partial charge on any atom is -0.385 e. The Labute approximate surface area is 109 Å². The van der Waals surface area contributed by atoms with Crippen molar-refractivity contribution >= 4 is 11.6 Å². The number of hydrogen-bond donors (Lipinski definition) is 2. The van der Waals surface area contributed by atoms with Crippen LogP contribution in [0.5, 0.6) is 0 Å². The Morgan fingerprint density at radius 2 is 1.94 bits per heavy atom. The predicted molar refractivity (Wildman–Crippen MR) is 74.9 cm³/mol. The van der Waals surface area contributed by atoms with Crippen molar-refractivity contribution in [1.29, 1.82) is 0 Å². The van der Waals surface area contributed by atoms with E-state index in [1.165, 1.54) is 0 Å². The molecule has 0 fully saturated rings. The van der Waals surface area contributed by atoms with E-state index in [2.05, 4.69) is 29.5 Å². The van der Waals surface area contributed by atoms with E-state index in [0.29, 0.717) is 12.2 Å². The van der Waals surface area contributed by atoms with Crippen LogP contribution in [0.2, 0.25) is 0 Å². The molecule has 4 heteroatoms. The van der Waals surface area contributed by atoms with Gasteiger partial charge in [-0.15, -0.1) is 0 Å². The Hall–Kier alpha value is -1.58. The summed E-state index contributed by atoms with van der Waals surface area (Å²) in [5.41, 5.74) is 1.44. The number of aromatic nitrogens is 1. The maximum Gasteiger partial charge on any atom is 0.269 e. The van der Waals surface area contributed by atoms with Gasteiger partial charge in [-0.25, -0.2) is 0 Å². The van der Waals surface area contributed by atoms with Crippen LogP contribution >= 0.6 is 0 Å². The summed E-state index contributed by atoms with van der Waals surface area (Å²) < 4.78 is 0. The molecule has 1 rings (SSSR count). The van der Waals surface area contributed by atoms with Crippen LogP contribution in [0.4, 0.5) is 5.69 Å². The lowest BCUT2D eigenvalue weighted by atomic mass is 10.2. The molecule has 2 N–H and O–H groups in total. The van der Waals surface area contributed by atoms with Gasteiger partial charge in [0.05, 0.1) is 0 Å². The van der Waals surface area contributed by atoms with E-state index < -0.39 is 0 Å². The number of unbranched alkanes of at least 4 members (excludes halogenated alkanes) is 2. The second-order valence-corrected chi connectivity index (χ2v) is 4.32. The fourth-order valence-corrected chi connectivity index (χ4v) is 1.54. The summed E-state index contributed by atoms with van der Waals surface area (Å²) >= 11 is 0. The molecule has 0 aliphatic carbocycles. The van der Waals surface area contributed by atoms with Crippen molar-refractivity contribution in [3.05, 3.63) is 24.0 Å². The van der Waals surface area contributed by atoms with Crippen LogP contribution in [0.15, 0.2) is 18.3 Å². The molecule has 0 spiro atoms. The summed E-state index contributed by atoms with van der Waals surface area (Å²) in [6.45, 7) is 5.89. The van der Waals surface area contributed by atoms with E-state index in [1.54, 1.807) is 12.3 Å². The Kier molecular flexibility index (Phi) is 6.84. The molecule has 0 bridgehead atoms. The Morgan fingerprint density at radius 1 is 1.22 bits per heavy atom. The molecule has 0 saturated heterocycles. The zero-order chi connectivity index (χ0) is 13.2. The molecule has 18 heavy (non-hydrogen) atoms. The number of anilines is 1. The third-order valence-electron chi connectivity index (χ3n) is 2.67. The van der Waals surface area contributed by atoms with Gasteiger partial charge in [0, 0.05) is 25.0 Å². The van der Waals surface area contributed by atoms with Crippen molar-refractivity contribution in [2.75, 3.05) is 18.4 Å². The van der Waals surface area contributed by atoms with Crippen molar-refractivity contribution in [2.24, 2.45) is 0 Å². The van der Waals surface area contributed by atoms with Crippen molar-refractivity contribution in [2.45, 2.75) is 39.5 Å². The van der Waals surface area contributed by atoms with E-state index in [-0.39, 0.29) is 5.91 Å². The highest BCUT2D eigenvalue weighted by Crippen LogP contribution is 2.08. The Bertz CT molecular complexity index is 366. The summed E-state index contributed by atoms with van der Waals surface area (Å²) in [7, 11) is 0. The highest BCUT2D eigenvalue weighted by molar-refractivity contribution is 5.93. The van der Waals surface area contributed by atoms with E-state index in [9.17, 15) is 4.79 Å². The summed E-state index contributed by atoms with van der Waals surface area (Å²) in [4.78, 5) is 15.9. The molecule has 100 valence electrons. The average Bonchev–Trinajstić information content (AvgIpc) is 2.39. The third kappa shape index (κ3) is 5.17. The van der Waals surface area contributed by atoms with Crippen molar-refractivity contribution < 1.29 is 4.79 Å². The molecule has 0 radical (unpaired) electrons. The van der Waals surface area contributed by atoms with Crippen LogP contribution in [0.1, 0.15) is 50.0 Å². The highest BCUT2D eigenvalue weighted by atomic mass is 16.1.